The molecule has 0 spiro atoms. The van der Waals surface area contributed by atoms with Gasteiger partial charge < -0.3 is 19.9 Å². The fourth-order valence-electron chi connectivity index (χ4n) is 4.86. The summed E-state index contributed by atoms with van der Waals surface area (Å²) < 4.78 is 7.51. The van der Waals surface area contributed by atoms with E-state index >= 15 is 0 Å². The fourth-order valence-corrected chi connectivity index (χ4v) is 4.86. The molecule has 1 atom stereocenters. The fraction of sp³-hybridized carbons (Fsp3) is 0.560. The SMILES string of the molecule is CN(C)c1cncc(-c2cn(C3(c4ccc(N5CCC[C@@H](NCC6CC6)C5)cn4)COC3)nn2)n1. The van der Waals surface area contributed by atoms with Gasteiger partial charge in [-0.1, -0.05) is 5.21 Å². The van der Waals surface area contributed by atoms with E-state index < -0.39 is 5.54 Å². The molecule has 0 unspecified atom stereocenters. The molecule has 3 aliphatic rings. The minimum absolute atomic E-state index is 0.452. The normalized spacial score (nSPS) is 21.5. The van der Waals surface area contributed by atoms with Gasteiger partial charge in [0.15, 0.2) is 5.54 Å². The summed E-state index contributed by atoms with van der Waals surface area (Å²) in [6.07, 6.45) is 12.6. The number of hydrogen-bond acceptors (Lipinski definition) is 9. The van der Waals surface area contributed by atoms with E-state index in [-0.39, 0.29) is 0 Å². The molecule has 1 aliphatic carbocycles. The van der Waals surface area contributed by atoms with Crippen LogP contribution in [0.25, 0.3) is 11.4 Å². The average Bonchev–Trinajstić information content (AvgIpc) is 3.57. The zero-order chi connectivity index (χ0) is 23.8. The highest BCUT2D eigenvalue weighted by Crippen LogP contribution is 2.34. The first-order chi connectivity index (χ1) is 17.1. The lowest BCUT2D eigenvalue weighted by Gasteiger charge is -2.40. The predicted octanol–water partition coefficient (Wildman–Crippen LogP) is 1.94. The van der Waals surface area contributed by atoms with Crippen molar-refractivity contribution in [2.45, 2.75) is 37.3 Å². The summed E-state index contributed by atoms with van der Waals surface area (Å²) in [4.78, 5) is 18.2. The van der Waals surface area contributed by atoms with Crippen LogP contribution in [0.5, 0.6) is 0 Å². The molecule has 0 aromatic carbocycles. The van der Waals surface area contributed by atoms with Crippen LogP contribution in [-0.2, 0) is 10.3 Å². The van der Waals surface area contributed by atoms with Crippen molar-refractivity contribution >= 4 is 11.5 Å². The van der Waals surface area contributed by atoms with Gasteiger partial charge in [0.1, 0.15) is 17.2 Å². The molecule has 10 nitrogen and oxygen atoms in total. The van der Waals surface area contributed by atoms with Crippen LogP contribution in [0, 0.1) is 5.92 Å². The number of ether oxygens (including phenoxy) is 1. The van der Waals surface area contributed by atoms with Crippen LogP contribution >= 0.6 is 0 Å². The Morgan fingerprint density at radius 1 is 1.11 bits per heavy atom. The Hall–Kier alpha value is -3.11. The Morgan fingerprint density at radius 3 is 2.71 bits per heavy atom. The third kappa shape index (κ3) is 4.48. The predicted molar refractivity (Wildman–Crippen MR) is 133 cm³/mol. The van der Waals surface area contributed by atoms with E-state index in [1.165, 1.54) is 37.9 Å². The molecule has 5 heterocycles. The number of pyridine rings is 1. The molecule has 3 fully saturated rings. The molecule has 10 heteroatoms. The lowest BCUT2D eigenvalue weighted by atomic mass is 9.92. The third-order valence-corrected chi connectivity index (χ3v) is 7.36. The molecule has 1 N–H and O–H groups in total. The maximum Gasteiger partial charge on any atom is 0.152 e. The van der Waals surface area contributed by atoms with Crippen LogP contribution in [0.2, 0.25) is 0 Å². The van der Waals surface area contributed by atoms with Crippen LogP contribution in [0.4, 0.5) is 11.5 Å². The monoisotopic (exact) mass is 475 g/mol. The van der Waals surface area contributed by atoms with Crippen molar-refractivity contribution < 1.29 is 4.74 Å². The quantitative estimate of drug-likeness (QED) is 0.524. The first-order valence-corrected chi connectivity index (χ1v) is 12.6. The van der Waals surface area contributed by atoms with Crippen molar-refractivity contribution in [1.29, 1.82) is 0 Å². The number of anilines is 2. The number of nitrogens with one attached hydrogen (secondary N) is 1. The van der Waals surface area contributed by atoms with E-state index in [9.17, 15) is 0 Å². The Balaban J connectivity index is 1.19. The molecule has 0 radical (unpaired) electrons. The molecule has 35 heavy (non-hydrogen) atoms. The smallest absolute Gasteiger partial charge is 0.152 e. The summed E-state index contributed by atoms with van der Waals surface area (Å²) in [5.74, 6) is 1.69. The molecule has 1 saturated carbocycles. The molecule has 6 rings (SSSR count). The zero-order valence-corrected chi connectivity index (χ0v) is 20.5. The van der Waals surface area contributed by atoms with Crippen molar-refractivity contribution in [3.63, 3.8) is 0 Å². The lowest BCUT2D eigenvalue weighted by Crippen LogP contribution is -2.53. The van der Waals surface area contributed by atoms with E-state index in [1.807, 2.05) is 36.1 Å². The second-order valence-electron chi connectivity index (χ2n) is 10.3. The van der Waals surface area contributed by atoms with Crippen LogP contribution in [0.15, 0.2) is 36.9 Å². The van der Waals surface area contributed by atoms with E-state index in [4.69, 9.17) is 9.72 Å². The minimum atomic E-state index is -0.452. The molecule has 2 saturated heterocycles. The minimum Gasteiger partial charge on any atom is -0.375 e. The summed E-state index contributed by atoms with van der Waals surface area (Å²) in [6, 6.07) is 4.88. The van der Waals surface area contributed by atoms with Crippen LogP contribution in [0.3, 0.4) is 0 Å². The maximum atomic E-state index is 5.64. The molecule has 2 aliphatic heterocycles. The first kappa shape index (κ1) is 22.4. The zero-order valence-electron chi connectivity index (χ0n) is 20.5. The molecule has 0 amide bonds. The summed E-state index contributed by atoms with van der Waals surface area (Å²) in [5.41, 5.74) is 3.04. The van der Waals surface area contributed by atoms with E-state index in [2.05, 4.69) is 42.6 Å². The van der Waals surface area contributed by atoms with Gasteiger partial charge in [0, 0.05) is 33.2 Å². The highest BCUT2D eigenvalue weighted by atomic mass is 16.5. The largest absolute Gasteiger partial charge is 0.375 e. The third-order valence-electron chi connectivity index (χ3n) is 7.36. The number of piperidine rings is 1. The highest BCUT2D eigenvalue weighted by molar-refractivity contribution is 5.54. The van der Waals surface area contributed by atoms with Crippen LogP contribution in [-0.4, -0.2) is 82.9 Å². The van der Waals surface area contributed by atoms with E-state index in [1.54, 1.807) is 12.4 Å². The van der Waals surface area contributed by atoms with E-state index in [0.717, 1.165) is 30.5 Å². The van der Waals surface area contributed by atoms with Gasteiger partial charge in [0.05, 0.1) is 49.4 Å². The molecule has 3 aromatic heterocycles. The van der Waals surface area contributed by atoms with Gasteiger partial charge in [-0.05, 0) is 50.3 Å². The van der Waals surface area contributed by atoms with Crippen molar-refractivity contribution in [2.75, 3.05) is 56.7 Å². The Bertz CT molecular complexity index is 1150. The second kappa shape index (κ2) is 9.16. The molecule has 184 valence electrons. The molecular formula is C25H33N9O. The number of hydrogen-bond donors (Lipinski definition) is 1. The standard InChI is InChI=1S/C25H33N9O/c1-32(2)24-13-26-12-21(29-24)22-15-34(31-30-22)25(16-35-17-25)23-8-7-20(11-28-23)33-9-3-4-19(14-33)27-10-18-5-6-18/h7-8,11-13,15,18-19,27H,3-6,9-10,14,16-17H2,1-2H3/t19-/m1/s1. The summed E-state index contributed by atoms with van der Waals surface area (Å²) in [6.45, 7) is 4.33. The van der Waals surface area contributed by atoms with Crippen molar-refractivity contribution in [3.05, 3.63) is 42.6 Å². The number of aromatic nitrogens is 6. The highest BCUT2D eigenvalue weighted by Gasteiger charge is 2.45. The van der Waals surface area contributed by atoms with Crippen LogP contribution < -0.4 is 15.1 Å². The van der Waals surface area contributed by atoms with Gasteiger partial charge in [-0.3, -0.25) is 9.97 Å². The van der Waals surface area contributed by atoms with E-state index in [0.29, 0.717) is 30.6 Å². The summed E-state index contributed by atoms with van der Waals surface area (Å²) in [5, 5.41) is 12.6. The van der Waals surface area contributed by atoms with Crippen LogP contribution in [0.1, 0.15) is 31.4 Å². The first-order valence-electron chi connectivity index (χ1n) is 12.6. The van der Waals surface area contributed by atoms with Gasteiger partial charge in [0.25, 0.3) is 0 Å². The molecule has 3 aromatic rings. The topological polar surface area (TPSA) is 97.1 Å². The molecule has 0 bridgehead atoms. The average molecular weight is 476 g/mol. The van der Waals surface area contributed by atoms with Gasteiger partial charge in [-0.2, -0.15) is 0 Å². The maximum absolute atomic E-state index is 5.64. The Kier molecular flexibility index (Phi) is 5.85. The molecular weight excluding hydrogens is 442 g/mol. The summed E-state index contributed by atoms with van der Waals surface area (Å²) >= 11 is 0. The lowest BCUT2D eigenvalue weighted by molar-refractivity contribution is -0.0851. The Labute approximate surface area is 205 Å². The number of rotatable bonds is 8. The Morgan fingerprint density at radius 2 is 2.00 bits per heavy atom. The summed E-state index contributed by atoms with van der Waals surface area (Å²) in [7, 11) is 3.88. The van der Waals surface area contributed by atoms with Gasteiger partial charge >= 0.3 is 0 Å². The second-order valence-corrected chi connectivity index (χ2v) is 10.3. The van der Waals surface area contributed by atoms with Crippen molar-refractivity contribution in [3.8, 4) is 11.4 Å². The number of nitrogens with zero attached hydrogens (tertiary/aromatic N) is 8. The van der Waals surface area contributed by atoms with Gasteiger partial charge in [0.2, 0.25) is 0 Å². The van der Waals surface area contributed by atoms with Gasteiger partial charge in [-0.15, -0.1) is 5.10 Å². The van der Waals surface area contributed by atoms with Gasteiger partial charge in [-0.25, -0.2) is 9.67 Å². The van der Waals surface area contributed by atoms with Crippen molar-refractivity contribution in [1.82, 2.24) is 35.3 Å². The van der Waals surface area contributed by atoms with Crippen molar-refractivity contribution in [2.24, 2.45) is 5.92 Å².